The molecule has 1 aromatic carbocycles. The molecule has 0 fully saturated rings. The van der Waals surface area contributed by atoms with Crippen molar-refractivity contribution in [2.75, 3.05) is 13.1 Å². The van der Waals surface area contributed by atoms with E-state index >= 15 is 0 Å². The van der Waals surface area contributed by atoms with Gasteiger partial charge < -0.3 is 9.73 Å². The molecule has 2 rings (SSSR count). The molecule has 1 heterocycles. The third kappa shape index (κ3) is 3.61. The first-order valence-electron chi connectivity index (χ1n) is 6.29. The number of benzene rings is 1. The standard InChI is InChI=1S/C13H14BrF2N3O/c1-2-4-17-5-3-11-18-19-13(20-11)12-9(15)6-8(14)7-10(12)16/h6-7,17H,2-5H2,1H3. The number of rotatable bonds is 6. The molecule has 0 amide bonds. The van der Waals surface area contributed by atoms with Crippen LogP contribution in [0.3, 0.4) is 0 Å². The van der Waals surface area contributed by atoms with Crippen molar-refractivity contribution in [2.45, 2.75) is 19.8 Å². The van der Waals surface area contributed by atoms with Crippen molar-refractivity contribution in [3.05, 3.63) is 34.1 Å². The van der Waals surface area contributed by atoms with E-state index in [4.69, 9.17) is 4.42 Å². The molecular formula is C13H14BrF2N3O. The summed E-state index contributed by atoms with van der Waals surface area (Å²) in [5.41, 5.74) is -0.298. The van der Waals surface area contributed by atoms with Gasteiger partial charge in [-0.05, 0) is 25.1 Å². The van der Waals surface area contributed by atoms with Crippen LogP contribution in [0.2, 0.25) is 0 Å². The van der Waals surface area contributed by atoms with Crippen LogP contribution in [-0.2, 0) is 6.42 Å². The van der Waals surface area contributed by atoms with Gasteiger partial charge in [-0.2, -0.15) is 0 Å². The Balaban J connectivity index is 2.13. The summed E-state index contributed by atoms with van der Waals surface area (Å²) < 4.78 is 33.1. The number of hydrogen-bond donors (Lipinski definition) is 1. The maximum Gasteiger partial charge on any atom is 0.253 e. The predicted octanol–water partition coefficient (Wildman–Crippen LogP) is 3.32. The molecule has 108 valence electrons. The van der Waals surface area contributed by atoms with E-state index in [2.05, 4.69) is 38.4 Å². The quantitative estimate of drug-likeness (QED) is 0.816. The summed E-state index contributed by atoms with van der Waals surface area (Å²) in [7, 11) is 0. The molecular weight excluding hydrogens is 332 g/mol. The fraction of sp³-hybridized carbons (Fsp3) is 0.385. The highest BCUT2D eigenvalue weighted by molar-refractivity contribution is 9.10. The molecule has 0 unspecified atom stereocenters. The van der Waals surface area contributed by atoms with Gasteiger partial charge in [0, 0.05) is 17.4 Å². The zero-order chi connectivity index (χ0) is 14.5. The van der Waals surface area contributed by atoms with Crippen molar-refractivity contribution >= 4 is 15.9 Å². The van der Waals surface area contributed by atoms with E-state index in [1.807, 2.05) is 0 Å². The summed E-state index contributed by atoms with van der Waals surface area (Å²) in [4.78, 5) is 0. The van der Waals surface area contributed by atoms with Crippen molar-refractivity contribution in [2.24, 2.45) is 0 Å². The normalized spacial score (nSPS) is 11.0. The zero-order valence-electron chi connectivity index (χ0n) is 10.9. The largest absolute Gasteiger partial charge is 0.420 e. The van der Waals surface area contributed by atoms with Gasteiger partial charge >= 0.3 is 0 Å². The number of nitrogens with one attached hydrogen (secondary N) is 1. The van der Waals surface area contributed by atoms with Crippen molar-refractivity contribution < 1.29 is 13.2 Å². The Morgan fingerprint density at radius 3 is 2.55 bits per heavy atom. The maximum absolute atomic E-state index is 13.7. The van der Waals surface area contributed by atoms with Gasteiger partial charge in [0.1, 0.15) is 17.2 Å². The molecule has 0 bridgehead atoms. The van der Waals surface area contributed by atoms with Gasteiger partial charge in [0.05, 0.1) is 0 Å². The van der Waals surface area contributed by atoms with Gasteiger partial charge in [-0.25, -0.2) is 8.78 Å². The molecule has 0 aliphatic carbocycles. The lowest BCUT2D eigenvalue weighted by molar-refractivity contribution is 0.485. The fourth-order valence-electron chi connectivity index (χ4n) is 1.70. The highest BCUT2D eigenvalue weighted by Crippen LogP contribution is 2.28. The van der Waals surface area contributed by atoms with Crippen molar-refractivity contribution in [1.29, 1.82) is 0 Å². The second-order valence-electron chi connectivity index (χ2n) is 4.25. The molecule has 1 aromatic heterocycles. The first kappa shape index (κ1) is 15.1. The Labute approximate surface area is 123 Å². The zero-order valence-corrected chi connectivity index (χ0v) is 12.5. The Morgan fingerprint density at radius 1 is 1.20 bits per heavy atom. The van der Waals surface area contributed by atoms with Crippen LogP contribution in [0.5, 0.6) is 0 Å². The van der Waals surface area contributed by atoms with Crippen LogP contribution in [0.1, 0.15) is 19.2 Å². The number of aromatic nitrogens is 2. The Bertz CT molecular complexity index is 566. The first-order valence-corrected chi connectivity index (χ1v) is 7.09. The molecule has 0 saturated heterocycles. The molecule has 0 saturated carbocycles. The smallest absolute Gasteiger partial charge is 0.253 e. The third-order valence-electron chi connectivity index (χ3n) is 2.63. The molecule has 20 heavy (non-hydrogen) atoms. The van der Waals surface area contributed by atoms with Gasteiger partial charge in [-0.3, -0.25) is 0 Å². The lowest BCUT2D eigenvalue weighted by atomic mass is 10.2. The molecule has 0 atom stereocenters. The van der Waals surface area contributed by atoms with E-state index < -0.39 is 11.6 Å². The number of halogens is 3. The van der Waals surface area contributed by atoms with Gasteiger partial charge in [0.15, 0.2) is 0 Å². The van der Waals surface area contributed by atoms with Crippen LogP contribution in [0, 0.1) is 11.6 Å². The molecule has 0 aliphatic rings. The molecule has 1 N–H and O–H groups in total. The van der Waals surface area contributed by atoms with E-state index in [9.17, 15) is 8.78 Å². The summed E-state index contributed by atoms with van der Waals surface area (Å²) in [6, 6.07) is 2.32. The minimum Gasteiger partial charge on any atom is -0.420 e. The average molecular weight is 346 g/mol. The van der Waals surface area contributed by atoms with Crippen LogP contribution in [-0.4, -0.2) is 23.3 Å². The number of nitrogens with zero attached hydrogens (tertiary/aromatic N) is 2. The van der Waals surface area contributed by atoms with Crippen molar-refractivity contribution in [3.63, 3.8) is 0 Å². The van der Waals surface area contributed by atoms with Gasteiger partial charge in [-0.1, -0.05) is 22.9 Å². The second-order valence-corrected chi connectivity index (χ2v) is 5.16. The predicted molar refractivity (Wildman–Crippen MR) is 74.2 cm³/mol. The molecule has 7 heteroatoms. The second kappa shape index (κ2) is 6.90. The summed E-state index contributed by atoms with van der Waals surface area (Å²) in [5.74, 6) is -1.27. The van der Waals surface area contributed by atoms with Crippen LogP contribution in [0.4, 0.5) is 8.78 Å². The molecule has 2 aromatic rings. The molecule has 0 radical (unpaired) electrons. The Morgan fingerprint density at radius 2 is 1.90 bits per heavy atom. The van der Waals surface area contributed by atoms with Gasteiger partial charge in [0.25, 0.3) is 5.89 Å². The summed E-state index contributed by atoms with van der Waals surface area (Å²) in [6.45, 7) is 3.65. The van der Waals surface area contributed by atoms with Gasteiger partial charge in [0.2, 0.25) is 5.89 Å². The van der Waals surface area contributed by atoms with E-state index in [0.29, 0.717) is 23.3 Å². The average Bonchev–Trinajstić information content (AvgIpc) is 2.82. The van der Waals surface area contributed by atoms with Crippen LogP contribution < -0.4 is 5.32 Å². The van der Waals surface area contributed by atoms with Gasteiger partial charge in [-0.15, -0.1) is 10.2 Å². The lowest BCUT2D eigenvalue weighted by Gasteiger charge is -2.01. The Hall–Kier alpha value is -1.34. The monoisotopic (exact) mass is 345 g/mol. The van der Waals surface area contributed by atoms with E-state index in [-0.39, 0.29) is 11.5 Å². The van der Waals surface area contributed by atoms with E-state index in [1.54, 1.807) is 0 Å². The van der Waals surface area contributed by atoms with Crippen LogP contribution in [0.15, 0.2) is 21.0 Å². The topological polar surface area (TPSA) is 51.0 Å². The van der Waals surface area contributed by atoms with Crippen LogP contribution in [0.25, 0.3) is 11.5 Å². The van der Waals surface area contributed by atoms with Crippen molar-refractivity contribution in [1.82, 2.24) is 15.5 Å². The fourth-order valence-corrected chi connectivity index (χ4v) is 2.10. The maximum atomic E-state index is 13.7. The summed E-state index contributed by atoms with van der Waals surface area (Å²) in [5, 5.41) is 10.7. The van der Waals surface area contributed by atoms with Crippen molar-refractivity contribution in [3.8, 4) is 11.5 Å². The molecule has 0 spiro atoms. The summed E-state index contributed by atoms with van der Waals surface area (Å²) >= 11 is 3.02. The minimum absolute atomic E-state index is 0.141. The van der Waals surface area contributed by atoms with E-state index in [1.165, 1.54) is 0 Å². The lowest BCUT2D eigenvalue weighted by Crippen LogP contribution is -2.17. The van der Waals surface area contributed by atoms with E-state index in [0.717, 1.165) is 25.1 Å². The highest BCUT2D eigenvalue weighted by atomic mass is 79.9. The Kier molecular flexibility index (Phi) is 5.19. The SMILES string of the molecule is CCCNCCc1nnc(-c2c(F)cc(Br)cc2F)o1. The summed E-state index contributed by atoms with van der Waals surface area (Å²) in [6.07, 6.45) is 1.55. The minimum atomic E-state index is -0.740. The van der Waals surface area contributed by atoms with Crippen LogP contribution >= 0.6 is 15.9 Å². The number of hydrogen-bond acceptors (Lipinski definition) is 4. The molecule has 4 nitrogen and oxygen atoms in total. The molecule has 0 aliphatic heterocycles. The third-order valence-corrected chi connectivity index (χ3v) is 3.09. The highest BCUT2D eigenvalue weighted by Gasteiger charge is 2.18. The first-order chi connectivity index (χ1) is 9.61.